The second-order valence-electron chi connectivity index (χ2n) is 6.89. The number of thioether (sulfide) groups is 1. The van der Waals surface area contributed by atoms with E-state index in [1.807, 2.05) is 44.2 Å². The number of fused-ring (bicyclic) bond motifs is 1. The Bertz CT molecular complexity index is 841. The van der Waals surface area contributed by atoms with Crippen LogP contribution in [-0.2, 0) is 22.4 Å². The fourth-order valence-electron chi connectivity index (χ4n) is 3.34. The molecule has 4 heteroatoms. The molecular formula is C22H24O3S. The first-order valence-corrected chi connectivity index (χ1v) is 9.98. The Hall–Kier alpha value is -2.07. The van der Waals surface area contributed by atoms with Gasteiger partial charge in [-0.05, 0) is 68.9 Å². The normalized spacial score (nSPS) is 14.0. The Morgan fingerprint density at radius 3 is 2.62 bits per heavy atom. The molecule has 3 nitrogen and oxygen atoms in total. The maximum absolute atomic E-state index is 12.6. The summed E-state index contributed by atoms with van der Waals surface area (Å²) < 4.78 is 5.36. The molecule has 136 valence electrons. The zero-order chi connectivity index (χ0) is 18.7. The third-order valence-electron chi connectivity index (χ3n) is 4.74. The van der Waals surface area contributed by atoms with Gasteiger partial charge in [0, 0.05) is 10.5 Å². The molecule has 26 heavy (non-hydrogen) atoms. The van der Waals surface area contributed by atoms with Crippen LogP contribution >= 0.6 is 11.8 Å². The molecule has 0 aliphatic heterocycles. The van der Waals surface area contributed by atoms with Crippen LogP contribution in [0.25, 0.3) is 0 Å². The van der Waals surface area contributed by atoms with Crippen LogP contribution in [0, 0.1) is 13.8 Å². The number of benzene rings is 2. The molecule has 1 aliphatic rings. The van der Waals surface area contributed by atoms with Crippen LogP contribution < -0.4 is 0 Å². The molecule has 1 aliphatic carbocycles. The summed E-state index contributed by atoms with van der Waals surface area (Å²) >= 11 is 1.44. The topological polar surface area (TPSA) is 43.4 Å². The summed E-state index contributed by atoms with van der Waals surface area (Å²) in [4.78, 5) is 25.8. The van der Waals surface area contributed by atoms with Gasteiger partial charge in [0.25, 0.3) is 0 Å². The second-order valence-corrected chi connectivity index (χ2v) is 7.91. The van der Waals surface area contributed by atoms with Crippen molar-refractivity contribution in [3.63, 3.8) is 0 Å². The van der Waals surface area contributed by atoms with Gasteiger partial charge >= 0.3 is 5.97 Å². The van der Waals surface area contributed by atoms with E-state index >= 15 is 0 Å². The zero-order valence-corrected chi connectivity index (χ0v) is 16.3. The van der Waals surface area contributed by atoms with Crippen molar-refractivity contribution in [3.8, 4) is 0 Å². The van der Waals surface area contributed by atoms with Gasteiger partial charge in [-0.2, -0.15) is 0 Å². The van der Waals surface area contributed by atoms with Crippen molar-refractivity contribution < 1.29 is 14.3 Å². The molecule has 0 radical (unpaired) electrons. The number of rotatable bonds is 6. The number of carbonyl (C=O) groups is 2. The Labute approximate surface area is 159 Å². The van der Waals surface area contributed by atoms with Crippen LogP contribution in [0.3, 0.4) is 0 Å². The summed E-state index contributed by atoms with van der Waals surface area (Å²) in [6.45, 7) is 5.72. The van der Waals surface area contributed by atoms with Crippen LogP contribution in [0.5, 0.6) is 0 Å². The molecule has 2 aromatic rings. The molecule has 0 spiro atoms. The standard InChI is InChI=1S/C22H24O3S/c1-14-7-10-20(15(2)11-14)26-13-21(23)25-16(3)22(24)19-9-8-17-5-4-6-18(17)12-19/h7-12,16H,4-6,13H2,1-3H3/t16-/m1/s1. The van der Waals surface area contributed by atoms with E-state index in [2.05, 4.69) is 6.07 Å². The van der Waals surface area contributed by atoms with Gasteiger partial charge < -0.3 is 4.74 Å². The maximum Gasteiger partial charge on any atom is 0.316 e. The summed E-state index contributed by atoms with van der Waals surface area (Å²) in [7, 11) is 0. The molecule has 0 saturated carbocycles. The van der Waals surface area contributed by atoms with Gasteiger partial charge in [0.05, 0.1) is 5.75 Å². The maximum atomic E-state index is 12.6. The average Bonchev–Trinajstić information content (AvgIpc) is 3.08. The molecule has 2 aromatic carbocycles. The monoisotopic (exact) mass is 368 g/mol. The highest BCUT2D eigenvalue weighted by Gasteiger charge is 2.21. The van der Waals surface area contributed by atoms with E-state index in [9.17, 15) is 9.59 Å². The lowest BCUT2D eigenvalue weighted by Crippen LogP contribution is -2.25. The minimum atomic E-state index is -0.762. The number of esters is 1. The number of ether oxygens (including phenoxy) is 1. The summed E-state index contributed by atoms with van der Waals surface area (Å²) in [5.74, 6) is -0.298. The minimum absolute atomic E-state index is 0.135. The number of hydrogen-bond donors (Lipinski definition) is 0. The molecule has 0 N–H and O–H groups in total. The number of Topliss-reactive ketones (excluding diaryl/α,β-unsaturated/α-hetero) is 1. The average molecular weight is 368 g/mol. The van der Waals surface area contributed by atoms with E-state index in [-0.39, 0.29) is 17.5 Å². The Kier molecular flexibility index (Phi) is 5.82. The first-order chi connectivity index (χ1) is 12.4. The number of hydrogen-bond acceptors (Lipinski definition) is 4. The molecular weight excluding hydrogens is 344 g/mol. The van der Waals surface area contributed by atoms with Crippen molar-refractivity contribution in [2.75, 3.05) is 5.75 Å². The minimum Gasteiger partial charge on any atom is -0.454 e. The van der Waals surface area contributed by atoms with E-state index in [0.717, 1.165) is 29.7 Å². The van der Waals surface area contributed by atoms with E-state index in [1.54, 1.807) is 6.92 Å². The van der Waals surface area contributed by atoms with Gasteiger partial charge in [-0.25, -0.2) is 0 Å². The van der Waals surface area contributed by atoms with Gasteiger partial charge in [-0.15, -0.1) is 11.8 Å². The van der Waals surface area contributed by atoms with E-state index in [1.165, 1.54) is 28.5 Å². The molecule has 0 aromatic heterocycles. The molecule has 0 bridgehead atoms. The SMILES string of the molecule is Cc1ccc(SCC(=O)O[C@H](C)C(=O)c2ccc3c(c2)CCC3)c(C)c1. The van der Waals surface area contributed by atoms with Gasteiger partial charge in [0.1, 0.15) is 0 Å². The van der Waals surface area contributed by atoms with E-state index in [0.29, 0.717) is 5.56 Å². The second kappa shape index (κ2) is 8.09. The van der Waals surface area contributed by atoms with Crippen LogP contribution in [0.4, 0.5) is 0 Å². The molecule has 0 amide bonds. The lowest BCUT2D eigenvalue weighted by Gasteiger charge is -2.13. The summed E-state index contributed by atoms with van der Waals surface area (Å²) in [6, 6.07) is 12.0. The van der Waals surface area contributed by atoms with Crippen molar-refractivity contribution >= 4 is 23.5 Å². The number of aryl methyl sites for hydroxylation is 4. The first kappa shape index (κ1) is 18.7. The highest BCUT2D eigenvalue weighted by Crippen LogP contribution is 2.25. The Balaban J connectivity index is 1.56. The fourth-order valence-corrected chi connectivity index (χ4v) is 4.13. The van der Waals surface area contributed by atoms with Gasteiger partial charge in [-0.3, -0.25) is 9.59 Å². The van der Waals surface area contributed by atoms with Crippen molar-refractivity contribution in [3.05, 3.63) is 64.2 Å². The largest absolute Gasteiger partial charge is 0.454 e. The molecule has 0 heterocycles. The van der Waals surface area contributed by atoms with Gasteiger partial charge in [0.15, 0.2) is 6.10 Å². The van der Waals surface area contributed by atoms with Crippen molar-refractivity contribution in [1.29, 1.82) is 0 Å². The van der Waals surface area contributed by atoms with Crippen molar-refractivity contribution in [1.82, 2.24) is 0 Å². The van der Waals surface area contributed by atoms with Crippen LogP contribution in [0.2, 0.25) is 0 Å². The van der Waals surface area contributed by atoms with Crippen LogP contribution in [0.15, 0.2) is 41.3 Å². The molecule has 0 saturated heterocycles. The quantitative estimate of drug-likeness (QED) is 0.421. The predicted molar refractivity (Wildman–Crippen MR) is 105 cm³/mol. The first-order valence-electron chi connectivity index (χ1n) is 8.99. The summed E-state index contributed by atoms with van der Waals surface area (Å²) in [6.07, 6.45) is 2.50. The molecule has 3 rings (SSSR count). The smallest absolute Gasteiger partial charge is 0.316 e. The zero-order valence-electron chi connectivity index (χ0n) is 15.5. The number of ketones is 1. The highest BCUT2D eigenvalue weighted by atomic mass is 32.2. The Morgan fingerprint density at radius 2 is 1.85 bits per heavy atom. The molecule has 0 unspecified atom stereocenters. The predicted octanol–water partition coefficient (Wildman–Crippen LogP) is 4.70. The van der Waals surface area contributed by atoms with Gasteiger partial charge in [-0.1, -0.05) is 29.8 Å². The number of carbonyl (C=O) groups excluding carboxylic acids is 2. The third-order valence-corrected chi connectivity index (χ3v) is 5.89. The van der Waals surface area contributed by atoms with Crippen LogP contribution in [-0.4, -0.2) is 23.6 Å². The van der Waals surface area contributed by atoms with Gasteiger partial charge in [0.2, 0.25) is 5.78 Å². The van der Waals surface area contributed by atoms with E-state index in [4.69, 9.17) is 4.74 Å². The fraction of sp³-hybridized carbons (Fsp3) is 0.364. The summed E-state index contributed by atoms with van der Waals surface area (Å²) in [5, 5.41) is 0. The third kappa shape index (κ3) is 4.36. The van der Waals surface area contributed by atoms with Crippen molar-refractivity contribution in [2.24, 2.45) is 0 Å². The molecule has 0 fully saturated rings. The lowest BCUT2D eigenvalue weighted by molar-refractivity contribution is -0.143. The lowest BCUT2D eigenvalue weighted by atomic mass is 10.0. The Morgan fingerprint density at radius 1 is 1.08 bits per heavy atom. The van der Waals surface area contributed by atoms with E-state index < -0.39 is 6.10 Å². The summed E-state index contributed by atoms with van der Waals surface area (Å²) in [5.41, 5.74) is 5.55. The highest BCUT2D eigenvalue weighted by molar-refractivity contribution is 8.00. The molecule has 1 atom stereocenters. The van der Waals surface area contributed by atoms with Crippen LogP contribution in [0.1, 0.15) is 46.0 Å². The van der Waals surface area contributed by atoms with Crippen molar-refractivity contribution in [2.45, 2.75) is 51.0 Å².